The summed E-state index contributed by atoms with van der Waals surface area (Å²) in [6.07, 6.45) is 8.82. The van der Waals surface area contributed by atoms with Crippen LogP contribution in [0.15, 0.2) is 23.0 Å². The van der Waals surface area contributed by atoms with Crippen LogP contribution in [0.2, 0.25) is 5.02 Å². The highest BCUT2D eigenvalue weighted by atomic mass is 35.5. The van der Waals surface area contributed by atoms with Gasteiger partial charge in [-0.05, 0) is 108 Å². The molecule has 0 atom stereocenters. The molecule has 196 valence electrons. The van der Waals surface area contributed by atoms with Crippen molar-refractivity contribution in [2.24, 2.45) is 5.92 Å². The van der Waals surface area contributed by atoms with Gasteiger partial charge in [-0.3, -0.25) is 9.59 Å². The molecule has 36 heavy (non-hydrogen) atoms. The summed E-state index contributed by atoms with van der Waals surface area (Å²) in [6, 6.07) is 6.71. The molecule has 2 aliphatic carbocycles. The van der Waals surface area contributed by atoms with Crippen molar-refractivity contribution in [1.29, 1.82) is 0 Å². The predicted molar refractivity (Wildman–Crippen MR) is 148 cm³/mol. The van der Waals surface area contributed by atoms with E-state index in [1.54, 1.807) is 6.07 Å². The number of aryl methyl sites for hydroxylation is 2. The number of hydrogen-bond donors (Lipinski definition) is 3. The molecule has 1 heterocycles. The first-order valence-electron chi connectivity index (χ1n) is 13.5. The molecule has 2 aliphatic rings. The number of aromatic amines is 1. The van der Waals surface area contributed by atoms with Gasteiger partial charge < -0.3 is 20.5 Å². The van der Waals surface area contributed by atoms with Crippen LogP contribution in [0.1, 0.15) is 84.6 Å². The highest BCUT2D eigenvalue weighted by molar-refractivity contribution is 6.31. The SMILES string of the molecule is CCN(c1cc(Cl)cc(C(=O)NCc2c(C)cc(C)[nH]c2=O)c1C)[C@H]1CC[C@H](NCC2CCC2)CC1. The van der Waals surface area contributed by atoms with Gasteiger partial charge in [-0.2, -0.15) is 0 Å². The van der Waals surface area contributed by atoms with E-state index in [4.69, 9.17) is 11.6 Å². The highest BCUT2D eigenvalue weighted by Crippen LogP contribution is 2.34. The quantitative estimate of drug-likeness (QED) is 0.420. The lowest BCUT2D eigenvalue weighted by Crippen LogP contribution is -2.44. The molecule has 0 aliphatic heterocycles. The fourth-order valence-corrected chi connectivity index (χ4v) is 6.02. The van der Waals surface area contributed by atoms with Crippen molar-refractivity contribution in [2.75, 3.05) is 18.0 Å². The zero-order chi connectivity index (χ0) is 25.8. The molecule has 4 rings (SSSR count). The number of anilines is 1. The number of nitrogens with one attached hydrogen (secondary N) is 3. The molecular weight excluding hydrogens is 472 g/mol. The smallest absolute Gasteiger partial charge is 0.253 e. The lowest BCUT2D eigenvalue weighted by atomic mass is 9.84. The van der Waals surface area contributed by atoms with Gasteiger partial charge in [0.25, 0.3) is 11.5 Å². The van der Waals surface area contributed by atoms with Crippen molar-refractivity contribution in [3.05, 3.63) is 61.5 Å². The summed E-state index contributed by atoms with van der Waals surface area (Å²) in [7, 11) is 0. The van der Waals surface area contributed by atoms with Crippen LogP contribution in [0.5, 0.6) is 0 Å². The van der Waals surface area contributed by atoms with Crippen molar-refractivity contribution in [2.45, 2.75) is 91.3 Å². The first-order chi connectivity index (χ1) is 17.3. The molecule has 0 spiro atoms. The minimum atomic E-state index is -0.212. The number of hydrogen-bond acceptors (Lipinski definition) is 4. The Morgan fingerprint density at radius 3 is 2.42 bits per heavy atom. The molecule has 3 N–H and O–H groups in total. The molecule has 0 saturated heterocycles. The lowest BCUT2D eigenvalue weighted by Gasteiger charge is -2.39. The molecule has 2 fully saturated rings. The molecular formula is C29H41ClN4O2. The average Bonchev–Trinajstić information content (AvgIpc) is 2.80. The van der Waals surface area contributed by atoms with E-state index in [1.165, 1.54) is 38.6 Å². The van der Waals surface area contributed by atoms with Gasteiger partial charge in [0.15, 0.2) is 0 Å². The Labute approximate surface area is 220 Å². The largest absolute Gasteiger partial charge is 0.369 e. The summed E-state index contributed by atoms with van der Waals surface area (Å²) in [5.74, 6) is 0.678. The molecule has 0 bridgehead atoms. The third-order valence-corrected chi connectivity index (χ3v) is 8.43. The summed E-state index contributed by atoms with van der Waals surface area (Å²) in [6.45, 7) is 10.1. The minimum Gasteiger partial charge on any atom is -0.369 e. The van der Waals surface area contributed by atoms with Gasteiger partial charge in [0.05, 0.1) is 0 Å². The fourth-order valence-electron chi connectivity index (χ4n) is 5.81. The maximum Gasteiger partial charge on any atom is 0.253 e. The van der Waals surface area contributed by atoms with Crippen molar-refractivity contribution in [1.82, 2.24) is 15.6 Å². The summed E-state index contributed by atoms with van der Waals surface area (Å²) >= 11 is 6.53. The number of nitrogens with zero attached hydrogens (tertiary/aromatic N) is 1. The number of halogens is 1. The van der Waals surface area contributed by atoms with Crippen molar-refractivity contribution < 1.29 is 4.79 Å². The van der Waals surface area contributed by atoms with Crippen LogP contribution in [-0.4, -0.2) is 36.1 Å². The lowest BCUT2D eigenvalue weighted by molar-refractivity contribution is 0.0950. The van der Waals surface area contributed by atoms with Crippen LogP contribution in [-0.2, 0) is 6.54 Å². The standard InChI is InChI=1S/C29H41ClN4O2/c1-5-34(24-11-9-23(10-12-24)31-16-21-7-6-8-21)27-15-22(30)14-25(20(27)4)28(35)32-17-26-18(2)13-19(3)33-29(26)36/h13-15,21,23-24,31H,5-12,16-17H2,1-4H3,(H,32,35)(H,33,36)/t23-,24-. The third kappa shape index (κ3) is 6.15. The van der Waals surface area contributed by atoms with E-state index in [0.29, 0.717) is 28.2 Å². The number of H-pyrrole nitrogens is 1. The van der Waals surface area contributed by atoms with E-state index in [-0.39, 0.29) is 18.0 Å². The highest BCUT2D eigenvalue weighted by Gasteiger charge is 2.28. The fraction of sp³-hybridized carbons (Fsp3) is 0.586. The number of amides is 1. The van der Waals surface area contributed by atoms with E-state index in [2.05, 4.69) is 27.4 Å². The van der Waals surface area contributed by atoms with Gasteiger partial charge in [0.1, 0.15) is 0 Å². The Morgan fingerprint density at radius 2 is 1.81 bits per heavy atom. The van der Waals surface area contributed by atoms with Gasteiger partial charge in [0.2, 0.25) is 0 Å². The molecule has 7 heteroatoms. The Hall–Kier alpha value is -2.31. The molecule has 1 amide bonds. The van der Waals surface area contributed by atoms with Crippen LogP contribution in [0.4, 0.5) is 5.69 Å². The van der Waals surface area contributed by atoms with Crippen molar-refractivity contribution in [3.8, 4) is 0 Å². The van der Waals surface area contributed by atoms with Crippen LogP contribution in [0.25, 0.3) is 0 Å². The van der Waals surface area contributed by atoms with Gasteiger partial charge >= 0.3 is 0 Å². The number of aromatic nitrogens is 1. The minimum absolute atomic E-state index is 0.161. The number of carbonyl (C=O) groups excluding carboxylic acids is 1. The molecule has 1 aromatic carbocycles. The van der Waals surface area contributed by atoms with E-state index in [9.17, 15) is 9.59 Å². The van der Waals surface area contributed by atoms with E-state index in [0.717, 1.165) is 47.8 Å². The number of benzene rings is 1. The maximum atomic E-state index is 13.2. The maximum absolute atomic E-state index is 13.2. The van der Waals surface area contributed by atoms with Gasteiger partial charge in [-0.15, -0.1) is 0 Å². The summed E-state index contributed by atoms with van der Waals surface area (Å²) < 4.78 is 0. The number of rotatable bonds is 9. The zero-order valence-electron chi connectivity index (χ0n) is 22.2. The molecule has 2 aromatic rings. The van der Waals surface area contributed by atoms with E-state index in [1.807, 2.05) is 32.9 Å². The van der Waals surface area contributed by atoms with Crippen LogP contribution in [0.3, 0.4) is 0 Å². The molecule has 0 radical (unpaired) electrons. The summed E-state index contributed by atoms with van der Waals surface area (Å²) in [5, 5.41) is 7.30. The van der Waals surface area contributed by atoms with E-state index >= 15 is 0 Å². The third-order valence-electron chi connectivity index (χ3n) is 8.22. The number of carbonyl (C=O) groups is 1. The summed E-state index contributed by atoms with van der Waals surface area (Å²) in [4.78, 5) is 30.8. The molecule has 6 nitrogen and oxygen atoms in total. The first kappa shape index (κ1) is 26.7. The predicted octanol–water partition coefficient (Wildman–Crippen LogP) is 5.41. The van der Waals surface area contributed by atoms with Crippen molar-refractivity contribution in [3.63, 3.8) is 0 Å². The first-order valence-corrected chi connectivity index (χ1v) is 13.9. The normalized spacial score (nSPS) is 20.1. The Balaban J connectivity index is 1.44. The topological polar surface area (TPSA) is 77.2 Å². The second-order valence-electron chi connectivity index (χ2n) is 10.7. The van der Waals surface area contributed by atoms with Gasteiger partial charge in [0, 0.05) is 52.7 Å². The van der Waals surface area contributed by atoms with Crippen LogP contribution < -0.4 is 21.1 Å². The Morgan fingerprint density at radius 1 is 1.08 bits per heavy atom. The number of pyridine rings is 1. The summed E-state index contributed by atoms with van der Waals surface area (Å²) in [5.41, 5.74) is 4.62. The van der Waals surface area contributed by atoms with Crippen LogP contribution >= 0.6 is 11.6 Å². The van der Waals surface area contributed by atoms with Gasteiger partial charge in [-0.25, -0.2) is 0 Å². The molecule has 1 aromatic heterocycles. The molecule has 2 saturated carbocycles. The monoisotopic (exact) mass is 512 g/mol. The van der Waals surface area contributed by atoms with Crippen LogP contribution in [0, 0.1) is 26.7 Å². The molecule has 0 unspecified atom stereocenters. The van der Waals surface area contributed by atoms with E-state index < -0.39 is 0 Å². The average molecular weight is 513 g/mol. The Kier molecular flexibility index (Phi) is 8.78. The van der Waals surface area contributed by atoms with Gasteiger partial charge in [-0.1, -0.05) is 18.0 Å². The van der Waals surface area contributed by atoms with Crippen molar-refractivity contribution >= 4 is 23.2 Å². The second kappa shape index (κ2) is 11.8. The second-order valence-corrected chi connectivity index (χ2v) is 11.2. The Bertz CT molecular complexity index is 1130. The zero-order valence-corrected chi connectivity index (χ0v) is 22.9.